The lowest BCUT2D eigenvalue weighted by atomic mass is 10.0. The quantitative estimate of drug-likeness (QED) is 0.0320. The van der Waals surface area contributed by atoms with E-state index in [0.29, 0.717) is 19.4 Å². The van der Waals surface area contributed by atoms with Crippen LogP contribution in [-0.4, -0.2) is 47.4 Å². The van der Waals surface area contributed by atoms with Gasteiger partial charge in [0.2, 0.25) is 5.91 Å². The lowest BCUT2D eigenvalue weighted by Gasteiger charge is -2.20. The number of carbonyl (C=O) groups excluding carboxylic acids is 2. The van der Waals surface area contributed by atoms with E-state index in [9.17, 15) is 19.8 Å². The Morgan fingerprint density at radius 3 is 0.883 bits per heavy atom. The molecule has 458 valence electrons. The largest absolute Gasteiger partial charge is 0.466 e. The van der Waals surface area contributed by atoms with E-state index in [1.54, 1.807) is 6.08 Å². The lowest BCUT2D eigenvalue weighted by molar-refractivity contribution is -0.143. The number of aliphatic hydroxyl groups excluding tert-OH is 2. The SMILES string of the molecule is CCCCCCCCCCCCCC/C=C/C(O)C(CO)NC(=O)CCCCCCCCCCCCCCCCCCCCCCCCCCCCCCCCCCCOC(=O)CCCCCCCCCCCCCCC. The Morgan fingerprint density at radius 2 is 0.597 bits per heavy atom. The van der Waals surface area contributed by atoms with Crippen LogP contribution in [0, 0.1) is 0 Å². The summed E-state index contributed by atoms with van der Waals surface area (Å²) >= 11 is 0. The first-order chi connectivity index (χ1) is 38.0. The minimum Gasteiger partial charge on any atom is -0.466 e. The first kappa shape index (κ1) is 75.6. The molecule has 0 aliphatic carbocycles. The van der Waals surface area contributed by atoms with Crippen LogP contribution in [0.5, 0.6) is 0 Å². The topological polar surface area (TPSA) is 95.9 Å². The van der Waals surface area contributed by atoms with Gasteiger partial charge < -0.3 is 20.3 Å². The van der Waals surface area contributed by atoms with Crippen molar-refractivity contribution in [1.82, 2.24) is 5.32 Å². The summed E-state index contributed by atoms with van der Waals surface area (Å²) in [6.45, 7) is 4.94. The van der Waals surface area contributed by atoms with Crippen molar-refractivity contribution in [2.45, 2.75) is 418 Å². The molecule has 0 spiro atoms. The van der Waals surface area contributed by atoms with Gasteiger partial charge in [-0.3, -0.25) is 9.59 Å². The minimum absolute atomic E-state index is 0.0238. The summed E-state index contributed by atoms with van der Waals surface area (Å²) in [4.78, 5) is 24.5. The first-order valence-corrected chi connectivity index (χ1v) is 35.5. The highest BCUT2D eigenvalue weighted by molar-refractivity contribution is 5.76. The highest BCUT2D eigenvalue weighted by Crippen LogP contribution is 2.19. The number of nitrogens with one attached hydrogen (secondary N) is 1. The smallest absolute Gasteiger partial charge is 0.305 e. The van der Waals surface area contributed by atoms with Crippen LogP contribution in [0.15, 0.2) is 12.2 Å². The zero-order valence-corrected chi connectivity index (χ0v) is 52.5. The predicted octanol–water partition coefficient (Wildman–Crippen LogP) is 22.8. The summed E-state index contributed by atoms with van der Waals surface area (Å²) in [5.41, 5.74) is 0. The normalized spacial score (nSPS) is 12.5. The number of ether oxygens (including phenoxy) is 1. The number of hydrogen-bond donors (Lipinski definition) is 3. The van der Waals surface area contributed by atoms with Crippen molar-refractivity contribution in [2.24, 2.45) is 0 Å². The van der Waals surface area contributed by atoms with Gasteiger partial charge in [-0.2, -0.15) is 0 Å². The van der Waals surface area contributed by atoms with Crippen LogP contribution in [0.4, 0.5) is 0 Å². The van der Waals surface area contributed by atoms with Crippen molar-refractivity contribution in [3.63, 3.8) is 0 Å². The molecule has 0 aliphatic rings. The van der Waals surface area contributed by atoms with Gasteiger partial charge >= 0.3 is 5.97 Å². The van der Waals surface area contributed by atoms with Gasteiger partial charge in [0.05, 0.1) is 25.4 Å². The molecule has 0 rings (SSSR count). The third kappa shape index (κ3) is 63.6. The van der Waals surface area contributed by atoms with Gasteiger partial charge in [-0.25, -0.2) is 0 Å². The molecule has 0 radical (unpaired) electrons. The maximum atomic E-state index is 12.5. The summed E-state index contributed by atoms with van der Waals surface area (Å²) < 4.78 is 5.49. The Labute approximate surface area is 482 Å². The van der Waals surface area contributed by atoms with Gasteiger partial charge in [-0.05, 0) is 32.1 Å². The molecule has 3 N–H and O–H groups in total. The average Bonchev–Trinajstić information content (AvgIpc) is 3.43. The average molecular weight is 1090 g/mol. The Morgan fingerprint density at radius 1 is 0.351 bits per heavy atom. The molecule has 0 aromatic heterocycles. The summed E-state index contributed by atoms with van der Waals surface area (Å²) in [5.74, 6) is -0.0369. The maximum absolute atomic E-state index is 12.5. The Bertz CT molecular complexity index is 1160. The molecule has 6 nitrogen and oxygen atoms in total. The zero-order chi connectivity index (χ0) is 55.7. The van der Waals surface area contributed by atoms with Crippen LogP contribution in [0.25, 0.3) is 0 Å². The molecule has 0 heterocycles. The molecular formula is C71H139NO5. The number of allylic oxidation sites excluding steroid dienone is 1. The number of hydrogen-bond acceptors (Lipinski definition) is 5. The summed E-state index contributed by atoms with van der Waals surface area (Å²) in [6, 6.07) is -0.623. The fraction of sp³-hybridized carbons (Fsp3) is 0.944. The standard InChI is InChI=1S/C71H139NO5/c1-3-5-7-9-11-13-15-17-40-43-47-51-55-59-63-69(74)68(67-73)72-70(75)64-60-56-52-48-44-41-37-35-33-31-29-27-25-23-21-19-18-20-22-24-26-28-30-32-34-36-38-42-46-50-54-58-62-66-77-71(76)65-61-57-53-49-45-39-16-14-12-10-8-6-4-2/h59,63,68-69,73-74H,3-58,60-62,64-67H2,1-2H3,(H,72,75)/b63-59+. The highest BCUT2D eigenvalue weighted by atomic mass is 16.5. The molecule has 77 heavy (non-hydrogen) atoms. The number of carbonyl (C=O) groups is 2. The number of amides is 1. The van der Waals surface area contributed by atoms with Gasteiger partial charge in [-0.15, -0.1) is 0 Å². The van der Waals surface area contributed by atoms with E-state index in [2.05, 4.69) is 19.2 Å². The lowest BCUT2D eigenvalue weighted by Crippen LogP contribution is -2.45. The van der Waals surface area contributed by atoms with E-state index >= 15 is 0 Å². The van der Waals surface area contributed by atoms with Crippen molar-refractivity contribution >= 4 is 11.9 Å². The molecule has 2 atom stereocenters. The van der Waals surface area contributed by atoms with Crippen LogP contribution in [0.2, 0.25) is 0 Å². The van der Waals surface area contributed by atoms with Crippen molar-refractivity contribution in [1.29, 1.82) is 0 Å². The third-order valence-corrected chi connectivity index (χ3v) is 16.8. The molecular weight excluding hydrogens is 947 g/mol. The van der Waals surface area contributed by atoms with Crippen LogP contribution in [-0.2, 0) is 14.3 Å². The summed E-state index contributed by atoms with van der Waals surface area (Å²) in [6.07, 6.45) is 83.1. The van der Waals surface area contributed by atoms with Crippen molar-refractivity contribution in [3.05, 3.63) is 12.2 Å². The molecule has 0 saturated carbocycles. The van der Waals surface area contributed by atoms with Gasteiger partial charge in [0.25, 0.3) is 0 Å². The second-order valence-electron chi connectivity index (χ2n) is 24.6. The second-order valence-corrected chi connectivity index (χ2v) is 24.6. The number of unbranched alkanes of at least 4 members (excludes halogenated alkanes) is 56. The van der Waals surface area contributed by atoms with Crippen molar-refractivity contribution in [2.75, 3.05) is 13.2 Å². The number of aliphatic hydroxyl groups is 2. The maximum Gasteiger partial charge on any atom is 0.305 e. The van der Waals surface area contributed by atoms with E-state index in [-0.39, 0.29) is 18.5 Å². The fourth-order valence-electron chi connectivity index (χ4n) is 11.4. The highest BCUT2D eigenvalue weighted by Gasteiger charge is 2.18. The van der Waals surface area contributed by atoms with E-state index in [4.69, 9.17) is 4.74 Å². The van der Waals surface area contributed by atoms with Gasteiger partial charge in [0, 0.05) is 12.8 Å². The fourth-order valence-corrected chi connectivity index (χ4v) is 11.4. The van der Waals surface area contributed by atoms with E-state index in [0.717, 1.165) is 38.5 Å². The summed E-state index contributed by atoms with van der Waals surface area (Å²) in [7, 11) is 0. The molecule has 2 unspecified atom stereocenters. The monoisotopic (exact) mass is 1090 g/mol. The van der Waals surface area contributed by atoms with E-state index < -0.39 is 12.1 Å². The molecule has 0 aromatic carbocycles. The molecule has 0 aromatic rings. The van der Waals surface area contributed by atoms with E-state index in [1.165, 1.54) is 340 Å². The van der Waals surface area contributed by atoms with Gasteiger partial charge in [-0.1, -0.05) is 373 Å². The minimum atomic E-state index is -0.840. The molecule has 0 saturated heterocycles. The Hall–Kier alpha value is -1.40. The predicted molar refractivity (Wildman–Crippen MR) is 338 cm³/mol. The van der Waals surface area contributed by atoms with Crippen LogP contribution in [0.1, 0.15) is 406 Å². The third-order valence-electron chi connectivity index (χ3n) is 16.8. The summed E-state index contributed by atoms with van der Waals surface area (Å²) in [5, 5.41) is 23.1. The van der Waals surface area contributed by atoms with Crippen LogP contribution < -0.4 is 5.32 Å². The van der Waals surface area contributed by atoms with Gasteiger partial charge in [0.1, 0.15) is 0 Å². The Kier molecular flexibility index (Phi) is 65.9. The first-order valence-electron chi connectivity index (χ1n) is 35.5. The zero-order valence-electron chi connectivity index (χ0n) is 52.5. The van der Waals surface area contributed by atoms with Crippen molar-refractivity contribution < 1.29 is 24.5 Å². The molecule has 0 aliphatic heterocycles. The van der Waals surface area contributed by atoms with Gasteiger partial charge in [0.15, 0.2) is 0 Å². The number of rotatable bonds is 67. The Balaban J connectivity index is 3.31. The second kappa shape index (κ2) is 67.1. The molecule has 0 bridgehead atoms. The van der Waals surface area contributed by atoms with E-state index in [1.807, 2.05) is 6.08 Å². The molecule has 1 amide bonds. The molecule has 6 heteroatoms. The van der Waals surface area contributed by atoms with Crippen LogP contribution >= 0.6 is 0 Å². The molecule has 0 fully saturated rings. The number of esters is 1. The van der Waals surface area contributed by atoms with Crippen LogP contribution in [0.3, 0.4) is 0 Å². The van der Waals surface area contributed by atoms with Crippen molar-refractivity contribution in [3.8, 4) is 0 Å².